The fourth-order valence-electron chi connectivity index (χ4n) is 0.372. The first-order chi connectivity index (χ1) is 5.25. The molecule has 0 saturated heterocycles. The number of carbonyl (C=O) groups excluding carboxylic acids is 1. The van der Waals surface area contributed by atoms with Crippen molar-refractivity contribution in [1.29, 1.82) is 0 Å². The zero-order valence-corrected chi connectivity index (χ0v) is 9.37. The number of carbonyl (C=O) groups is 1. The largest absolute Gasteiger partial charge is 0.459 e. The van der Waals surface area contributed by atoms with Gasteiger partial charge in [0, 0.05) is 0 Å². The van der Waals surface area contributed by atoms with Crippen molar-refractivity contribution in [2.24, 2.45) is 5.92 Å². The van der Waals surface area contributed by atoms with Gasteiger partial charge < -0.3 is 4.74 Å². The lowest BCUT2D eigenvalue weighted by molar-refractivity contribution is -0.149. The van der Waals surface area contributed by atoms with Crippen LogP contribution in [0.25, 0.3) is 0 Å². The van der Waals surface area contributed by atoms with E-state index in [-0.39, 0.29) is 12.0 Å². The van der Waals surface area contributed by atoms with Crippen LogP contribution < -0.4 is 0 Å². The summed E-state index contributed by atoms with van der Waals surface area (Å²) in [6, 6.07) is 0. The Labute approximate surface area is 87.1 Å². The van der Waals surface area contributed by atoms with Crippen LogP contribution in [0.2, 0.25) is 0 Å². The van der Waals surface area contributed by atoms with Gasteiger partial charge in [0.25, 0.3) is 3.79 Å². The molecule has 12 heavy (non-hydrogen) atoms. The maximum absolute atomic E-state index is 11.0. The maximum Gasteiger partial charge on any atom is 0.358 e. The summed E-state index contributed by atoms with van der Waals surface area (Å²) < 4.78 is 2.87. The van der Waals surface area contributed by atoms with Gasteiger partial charge in [-0.05, 0) is 12.8 Å². The van der Waals surface area contributed by atoms with Crippen LogP contribution >= 0.6 is 34.8 Å². The van der Waals surface area contributed by atoms with E-state index in [1.54, 1.807) is 6.92 Å². The molecule has 0 saturated carbocycles. The highest BCUT2D eigenvalue weighted by Crippen LogP contribution is 2.28. The minimum atomic E-state index is -1.97. The van der Waals surface area contributed by atoms with Crippen molar-refractivity contribution in [3.8, 4) is 0 Å². The first kappa shape index (κ1) is 12.3. The van der Waals surface area contributed by atoms with Gasteiger partial charge in [-0.25, -0.2) is 4.79 Å². The molecule has 0 aliphatic heterocycles. The predicted molar refractivity (Wildman–Crippen MR) is 50.7 cm³/mol. The third-order valence-corrected chi connectivity index (χ3v) is 1.93. The molecule has 0 bridgehead atoms. The van der Waals surface area contributed by atoms with Gasteiger partial charge in [0.2, 0.25) is 0 Å². The first-order valence-corrected chi connectivity index (χ1v) is 4.66. The molecule has 1 unspecified atom stereocenters. The van der Waals surface area contributed by atoms with Crippen LogP contribution in [0.3, 0.4) is 0 Å². The summed E-state index contributed by atoms with van der Waals surface area (Å²) in [5.41, 5.74) is 0. The van der Waals surface area contributed by atoms with Gasteiger partial charge in [0.15, 0.2) is 0 Å². The highest BCUT2D eigenvalue weighted by molar-refractivity contribution is 6.75. The lowest BCUT2D eigenvalue weighted by Gasteiger charge is -2.19. The van der Waals surface area contributed by atoms with Crippen molar-refractivity contribution in [2.45, 2.75) is 30.7 Å². The molecule has 0 radical (unpaired) electrons. The average molecular weight is 234 g/mol. The van der Waals surface area contributed by atoms with Gasteiger partial charge in [-0.2, -0.15) is 0 Å². The summed E-state index contributed by atoms with van der Waals surface area (Å²) in [4.78, 5) is 11.0. The molecule has 0 aromatic carbocycles. The highest BCUT2D eigenvalue weighted by Gasteiger charge is 2.34. The standard InChI is InChI=1S/C7H11Cl3O2/c1-4(2)5(3)12-6(11)7(8,9)10/h4-5H,1-3H3. The zero-order valence-electron chi connectivity index (χ0n) is 7.11. The lowest BCUT2D eigenvalue weighted by atomic mass is 10.1. The molecule has 0 N–H and O–H groups in total. The molecule has 0 heterocycles. The van der Waals surface area contributed by atoms with Crippen molar-refractivity contribution in [2.75, 3.05) is 0 Å². The van der Waals surface area contributed by atoms with Crippen molar-refractivity contribution in [1.82, 2.24) is 0 Å². The molecule has 0 spiro atoms. The third-order valence-electron chi connectivity index (χ3n) is 1.46. The number of halogens is 3. The second-order valence-corrected chi connectivity index (χ2v) is 5.13. The molecule has 0 aliphatic rings. The van der Waals surface area contributed by atoms with Gasteiger partial charge in [-0.15, -0.1) is 0 Å². The van der Waals surface area contributed by atoms with Crippen molar-refractivity contribution in [3.63, 3.8) is 0 Å². The van der Waals surface area contributed by atoms with Gasteiger partial charge in [-0.3, -0.25) is 0 Å². The number of hydrogen-bond donors (Lipinski definition) is 0. The van der Waals surface area contributed by atoms with Crippen LogP contribution in [-0.2, 0) is 9.53 Å². The maximum atomic E-state index is 11.0. The second-order valence-electron chi connectivity index (χ2n) is 2.85. The molecule has 0 rings (SSSR count). The summed E-state index contributed by atoms with van der Waals surface area (Å²) in [6.07, 6.45) is -0.242. The molecule has 72 valence electrons. The van der Waals surface area contributed by atoms with E-state index in [0.717, 1.165) is 0 Å². The molecule has 0 amide bonds. The van der Waals surface area contributed by atoms with Gasteiger partial charge in [0.1, 0.15) is 6.10 Å². The zero-order chi connectivity index (χ0) is 9.94. The third kappa shape index (κ3) is 4.39. The van der Waals surface area contributed by atoms with E-state index < -0.39 is 9.76 Å². The number of rotatable bonds is 2. The van der Waals surface area contributed by atoms with E-state index in [2.05, 4.69) is 0 Å². The van der Waals surface area contributed by atoms with Crippen LogP contribution in [-0.4, -0.2) is 15.9 Å². The molecule has 0 aromatic rings. The average Bonchev–Trinajstić information content (AvgIpc) is 1.85. The highest BCUT2D eigenvalue weighted by atomic mass is 35.6. The molecular formula is C7H11Cl3O2. The quantitative estimate of drug-likeness (QED) is 0.541. The van der Waals surface area contributed by atoms with Crippen molar-refractivity contribution < 1.29 is 9.53 Å². The Morgan fingerprint density at radius 2 is 1.67 bits per heavy atom. The van der Waals surface area contributed by atoms with Crippen molar-refractivity contribution >= 4 is 40.8 Å². The Morgan fingerprint density at radius 3 is 1.92 bits per heavy atom. The fraction of sp³-hybridized carbons (Fsp3) is 0.857. The molecule has 0 aliphatic carbocycles. The minimum absolute atomic E-state index is 0.210. The molecule has 0 aromatic heterocycles. The summed E-state index contributed by atoms with van der Waals surface area (Å²) in [5.74, 6) is -0.616. The van der Waals surface area contributed by atoms with Crippen LogP contribution in [0.1, 0.15) is 20.8 Å². The Morgan fingerprint density at radius 1 is 1.25 bits per heavy atom. The lowest BCUT2D eigenvalue weighted by Crippen LogP contribution is -2.28. The van der Waals surface area contributed by atoms with Crippen molar-refractivity contribution in [3.05, 3.63) is 0 Å². The Hall–Kier alpha value is 0.340. The van der Waals surface area contributed by atoms with E-state index in [9.17, 15) is 4.79 Å². The summed E-state index contributed by atoms with van der Waals surface area (Å²) >= 11 is 15.9. The molecule has 2 nitrogen and oxygen atoms in total. The van der Waals surface area contributed by atoms with E-state index >= 15 is 0 Å². The number of hydrogen-bond acceptors (Lipinski definition) is 2. The van der Waals surface area contributed by atoms with Crippen LogP contribution in [0, 0.1) is 5.92 Å². The summed E-state index contributed by atoms with van der Waals surface area (Å²) in [7, 11) is 0. The number of ether oxygens (including phenoxy) is 1. The van der Waals surface area contributed by atoms with Crippen LogP contribution in [0.15, 0.2) is 0 Å². The Kier molecular flexibility index (Phi) is 4.67. The summed E-state index contributed by atoms with van der Waals surface area (Å²) in [6.45, 7) is 5.58. The van der Waals surface area contributed by atoms with Gasteiger partial charge in [0.05, 0.1) is 0 Å². The van der Waals surface area contributed by atoms with Gasteiger partial charge in [-0.1, -0.05) is 48.7 Å². The predicted octanol–water partition coefficient (Wildman–Crippen LogP) is 2.94. The smallest absolute Gasteiger partial charge is 0.358 e. The van der Waals surface area contributed by atoms with Gasteiger partial charge >= 0.3 is 5.97 Å². The van der Waals surface area contributed by atoms with E-state index in [1.165, 1.54) is 0 Å². The SMILES string of the molecule is CC(C)C(C)OC(=O)C(Cl)(Cl)Cl. The number of alkyl halides is 3. The van der Waals surface area contributed by atoms with E-state index in [1.807, 2.05) is 13.8 Å². The second kappa shape index (κ2) is 4.54. The fourth-order valence-corrected chi connectivity index (χ4v) is 0.505. The van der Waals surface area contributed by atoms with E-state index in [4.69, 9.17) is 39.5 Å². The number of esters is 1. The Bertz CT molecular complexity index is 163. The Balaban J connectivity index is 4.02. The van der Waals surface area contributed by atoms with E-state index in [0.29, 0.717) is 0 Å². The first-order valence-electron chi connectivity index (χ1n) is 3.53. The van der Waals surface area contributed by atoms with Crippen LogP contribution in [0.5, 0.6) is 0 Å². The molecule has 0 fully saturated rings. The molecule has 5 heteroatoms. The molecular weight excluding hydrogens is 222 g/mol. The monoisotopic (exact) mass is 232 g/mol. The molecule has 1 atom stereocenters. The summed E-state index contributed by atoms with van der Waals surface area (Å²) in [5, 5.41) is 0. The van der Waals surface area contributed by atoms with Crippen LogP contribution in [0.4, 0.5) is 0 Å². The normalized spacial score (nSPS) is 14.6. The minimum Gasteiger partial charge on any atom is -0.459 e. The topological polar surface area (TPSA) is 26.3 Å².